The van der Waals surface area contributed by atoms with E-state index in [0.717, 1.165) is 0 Å². The maximum Gasteiger partial charge on any atom is 0.311 e. The molecule has 0 unspecified atom stereocenters. The number of aromatic nitrogens is 1. The second-order valence-corrected chi connectivity index (χ2v) is 5.20. The van der Waals surface area contributed by atoms with Crippen LogP contribution in [0.3, 0.4) is 0 Å². The topological polar surface area (TPSA) is 110 Å². The third kappa shape index (κ3) is 2.58. The molecule has 1 aromatic rings. The molecule has 0 aliphatic heterocycles. The molecule has 1 rings (SSSR count). The lowest BCUT2D eigenvalue weighted by molar-refractivity contribution is -0.388. The molecule has 0 bridgehead atoms. The fourth-order valence-corrected chi connectivity index (χ4v) is 2.19. The van der Waals surface area contributed by atoms with Crippen LogP contribution in [0.1, 0.15) is 12.1 Å². The Labute approximate surface area is 97.2 Å². The van der Waals surface area contributed by atoms with E-state index in [-0.39, 0.29) is 6.20 Å². The lowest BCUT2D eigenvalue weighted by Gasteiger charge is -2.06. The van der Waals surface area contributed by atoms with E-state index in [4.69, 9.17) is 10.7 Å². The minimum Gasteiger partial charge on any atom is -0.504 e. The monoisotopic (exact) mass is 288 g/mol. The molecule has 0 spiro atoms. The Kier molecular flexibility index (Phi) is 3.48. The minimum absolute atomic E-state index is 0.288. The molecule has 1 heterocycles. The lowest BCUT2D eigenvalue weighted by Crippen LogP contribution is -2.03. The van der Waals surface area contributed by atoms with E-state index >= 15 is 0 Å². The van der Waals surface area contributed by atoms with Crippen molar-refractivity contribution in [3.05, 3.63) is 22.0 Å². The maximum atomic E-state index is 12.3. The van der Waals surface area contributed by atoms with Crippen molar-refractivity contribution in [3.63, 3.8) is 0 Å². The molecule has 94 valence electrons. The molecule has 0 amide bonds. The summed E-state index contributed by atoms with van der Waals surface area (Å²) in [6.07, 6.45) is -3.01. The first-order chi connectivity index (χ1) is 7.66. The zero-order chi connectivity index (χ0) is 13.4. The first kappa shape index (κ1) is 13.5. The van der Waals surface area contributed by atoms with Gasteiger partial charge >= 0.3 is 5.69 Å². The third-order valence-corrected chi connectivity index (χ3v) is 3.02. The molecule has 0 aliphatic carbocycles. The number of nitro groups is 1. The Balaban J connectivity index is 3.72. The number of hydrogen-bond acceptors (Lipinski definition) is 6. The number of nitrogens with zero attached hydrogens (tertiary/aromatic N) is 2. The number of alkyl halides is 2. The van der Waals surface area contributed by atoms with E-state index in [1.165, 1.54) is 0 Å². The molecule has 0 aliphatic rings. The standard InChI is InChI=1S/C6H3ClF2N2O5S/c7-17(15,16)5-2(11(13)14)1-10-3(4(5)12)6(8)9/h1,6,12H. The largest absolute Gasteiger partial charge is 0.504 e. The van der Waals surface area contributed by atoms with Crippen molar-refractivity contribution < 1.29 is 27.2 Å². The van der Waals surface area contributed by atoms with Crippen LogP contribution in [0.2, 0.25) is 0 Å². The van der Waals surface area contributed by atoms with Crippen LogP contribution in [-0.4, -0.2) is 23.4 Å². The summed E-state index contributed by atoms with van der Waals surface area (Å²) in [6, 6.07) is 0. The van der Waals surface area contributed by atoms with Gasteiger partial charge in [0.1, 0.15) is 11.9 Å². The van der Waals surface area contributed by atoms with Crippen molar-refractivity contribution in [2.75, 3.05) is 0 Å². The maximum absolute atomic E-state index is 12.3. The molecule has 17 heavy (non-hydrogen) atoms. The van der Waals surface area contributed by atoms with Crippen molar-refractivity contribution >= 4 is 25.4 Å². The molecule has 7 nitrogen and oxygen atoms in total. The van der Waals surface area contributed by atoms with Gasteiger partial charge < -0.3 is 5.11 Å². The fraction of sp³-hybridized carbons (Fsp3) is 0.167. The molecule has 1 N–H and O–H groups in total. The Morgan fingerprint density at radius 1 is 1.53 bits per heavy atom. The first-order valence-corrected chi connectivity index (χ1v) is 6.06. The van der Waals surface area contributed by atoms with Gasteiger partial charge in [-0.05, 0) is 0 Å². The van der Waals surface area contributed by atoms with Gasteiger partial charge in [-0.2, -0.15) is 0 Å². The van der Waals surface area contributed by atoms with Gasteiger partial charge in [0.25, 0.3) is 15.5 Å². The van der Waals surface area contributed by atoms with Crippen LogP contribution in [0.4, 0.5) is 14.5 Å². The summed E-state index contributed by atoms with van der Waals surface area (Å²) in [6.45, 7) is 0. The summed E-state index contributed by atoms with van der Waals surface area (Å²) in [4.78, 5) is 10.7. The minimum atomic E-state index is -4.76. The van der Waals surface area contributed by atoms with Gasteiger partial charge in [0.05, 0.1) is 4.92 Å². The van der Waals surface area contributed by atoms with Crippen LogP contribution < -0.4 is 0 Å². The van der Waals surface area contributed by atoms with Crippen LogP contribution in [0.5, 0.6) is 5.75 Å². The quantitative estimate of drug-likeness (QED) is 0.513. The van der Waals surface area contributed by atoms with E-state index in [2.05, 4.69) is 4.98 Å². The van der Waals surface area contributed by atoms with E-state index in [1.54, 1.807) is 0 Å². The number of halogens is 3. The van der Waals surface area contributed by atoms with Crippen molar-refractivity contribution in [2.45, 2.75) is 11.3 Å². The van der Waals surface area contributed by atoms with E-state index in [1.807, 2.05) is 0 Å². The van der Waals surface area contributed by atoms with Crippen LogP contribution in [0.15, 0.2) is 11.1 Å². The van der Waals surface area contributed by atoms with Crippen LogP contribution in [0.25, 0.3) is 0 Å². The number of rotatable bonds is 3. The summed E-state index contributed by atoms with van der Waals surface area (Å²) in [7, 11) is 0.0669. The van der Waals surface area contributed by atoms with Gasteiger partial charge in [-0.25, -0.2) is 22.2 Å². The van der Waals surface area contributed by atoms with E-state index in [9.17, 15) is 32.4 Å². The molecular weight excluding hydrogens is 286 g/mol. The molecule has 0 radical (unpaired) electrons. The second kappa shape index (κ2) is 4.37. The van der Waals surface area contributed by atoms with Gasteiger partial charge in [0, 0.05) is 10.7 Å². The Hall–Kier alpha value is -1.55. The molecule has 0 saturated carbocycles. The zero-order valence-electron chi connectivity index (χ0n) is 7.67. The first-order valence-electron chi connectivity index (χ1n) is 3.75. The van der Waals surface area contributed by atoms with Gasteiger partial charge in [-0.3, -0.25) is 10.1 Å². The SMILES string of the molecule is O=[N+]([O-])c1cnc(C(F)F)c(O)c1S(=O)(=O)Cl. The molecule has 1 aromatic heterocycles. The smallest absolute Gasteiger partial charge is 0.311 e. The summed E-state index contributed by atoms with van der Waals surface area (Å²) in [5, 5.41) is 19.7. The highest BCUT2D eigenvalue weighted by Gasteiger charge is 2.33. The van der Waals surface area contributed by atoms with Gasteiger partial charge in [0.15, 0.2) is 5.75 Å². The normalized spacial score (nSPS) is 11.8. The summed E-state index contributed by atoms with van der Waals surface area (Å²) in [5.74, 6) is -1.52. The summed E-state index contributed by atoms with van der Waals surface area (Å²) < 4.78 is 46.6. The van der Waals surface area contributed by atoms with Crippen LogP contribution >= 0.6 is 10.7 Å². The van der Waals surface area contributed by atoms with E-state index in [0.29, 0.717) is 0 Å². The highest BCUT2D eigenvalue weighted by Crippen LogP contribution is 2.39. The molecule has 0 atom stereocenters. The van der Waals surface area contributed by atoms with Gasteiger partial charge in [-0.1, -0.05) is 0 Å². The average Bonchev–Trinajstić information content (AvgIpc) is 2.14. The molecular formula is C6H3ClF2N2O5S. The van der Waals surface area contributed by atoms with Crippen molar-refractivity contribution in [2.24, 2.45) is 0 Å². The number of aromatic hydroxyl groups is 1. The molecule has 0 saturated heterocycles. The van der Waals surface area contributed by atoms with E-state index < -0.39 is 42.4 Å². The Morgan fingerprint density at radius 3 is 2.41 bits per heavy atom. The van der Waals surface area contributed by atoms with Crippen molar-refractivity contribution in [3.8, 4) is 5.75 Å². The highest BCUT2D eigenvalue weighted by atomic mass is 35.7. The predicted molar refractivity (Wildman–Crippen MR) is 50.6 cm³/mol. The third-order valence-electron chi connectivity index (χ3n) is 1.66. The van der Waals surface area contributed by atoms with Crippen LogP contribution in [0, 0.1) is 10.1 Å². The van der Waals surface area contributed by atoms with Crippen LogP contribution in [-0.2, 0) is 9.05 Å². The highest BCUT2D eigenvalue weighted by molar-refractivity contribution is 8.14. The van der Waals surface area contributed by atoms with Gasteiger partial charge in [-0.15, -0.1) is 0 Å². The zero-order valence-corrected chi connectivity index (χ0v) is 9.24. The Morgan fingerprint density at radius 2 is 2.06 bits per heavy atom. The Bertz CT molecular complexity index is 576. The summed E-state index contributed by atoms with van der Waals surface area (Å²) in [5.41, 5.74) is -2.48. The number of pyridine rings is 1. The molecule has 0 fully saturated rings. The second-order valence-electron chi connectivity index (χ2n) is 2.70. The fourth-order valence-electron chi connectivity index (χ4n) is 1.02. The van der Waals surface area contributed by atoms with Crippen molar-refractivity contribution in [1.29, 1.82) is 0 Å². The lowest BCUT2D eigenvalue weighted by atomic mass is 10.3. The van der Waals surface area contributed by atoms with Crippen molar-refractivity contribution in [1.82, 2.24) is 4.98 Å². The predicted octanol–water partition coefficient (Wildman–Crippen LogP) is 1.56. The number of hydrogen-bond donors (Lipinski definition) is 1. The molecule has 11 heteroatoms. The molecule has 0 aromatic carbocycles. The summed E-state index contributed by atoms with van der Waals surface area (Å²) >= 11 is 0. The van der Waals surface area contributed by atoms with Gasteiger partial charge in [0.2, 0.25) is 4.90 Å². The average molecular weight is 289 g/mol.